The van der Waals surface area contributed by atoms with Crippen LogP contribution in [0.15, 0.2) is 18.2 Å². The van der Waals surface area contributed by atoms with Crippen LogP contribution in [0.1, 0.15) is 13.3 Å². The van der Waals surface area contributed by atoms with Crippen LogP contribution in [0.3, 0.4) is 0 Å². The molecule has 21 heavy (non-hydrogen) atoms. The van der Waals surface area contributed by atoms with Gasteiger partial charge in [-0.1, -0.05) is 0 Å². The van der Waals surface area contributed by atoms with Gasteiger partial charge in [-0.3, -0.25) is 4.79 Å². The molecule has 0 aliphatic rings. The minimum atomic E-state index is -0.940. The van der Waals surface area contributed by atoms with Crippen LogP contribution in [0, 0.1) is 0 Å². The van der Waals surface area contributed by atoms with Crippen molar-refractivity contribution in [2.45, 2.75) is 13.3 Å². The molecule has 116 valence electrons. The van der Waals surface area contributed by atoms with Crippen LogP contribution in [-0.2, 0) is 4.79 Å². The molecule has 0 spiro atoms. The summed E-state index contributed by atoms with van der Waals surface area (Å²) in [7, 11) is 3.04. The summed E-state index contributed by atoms with van der Waals surface area (Å²) < 4.78 is 10.2. The number of hydrogen-bond acceptors (Lipinski definition) is 4. The van der Waals surface area contributed by atoms with Crippen molar-refractivity contribution in [1.29, 1.82) is 0 Å². The van der Waals surface area contributed by atoms with E-state index in [1.165, 1.54) is 19.1 Å². The molecule has 1 aromatic rings. The lowest BCUT2D eigenvalue weighted by atomic mass is 10.2. The van der Waals surface area contributed by atoms with Crippen LogP contribution in [0.25, 0.3) is 0 Å². The van der Waals surface area contributed by atoms with Gasteiger partial charge in [-0.25, -0.2) is 4.79 Å². The summed E-state index contributed by atoms with van der Waals surface area (Å²) in [4.78, 5) is 24.1. The number of aliphatic carboxylic acids is 1. The van der Waals surface area contributed by atoms with Crippen LogP contribution in [0.2, 0.25) is 0 Å². The number of rotatable bonds is 7. The molecule has 0 saturated carbocycles. The summed E-state index contributed by atoms with van der Waals surface area (Å²) in [5.41, 5.74) is 0.518. The lowest BCUT2D eigenvalue weighted by Gasteiger charge is -2.21. The number of hydrogen-bond donors (Lipinski definition) is 2. The molecule has 0 aliphatic heterocycles. The quantitative estimate of drug-likeness (QED) is 0.803. The molecule has 2 amide bonds. The van der Waals surface area contributed by atoms with E-state index in [4.69, 9.17) is 14.6 Å². The normalized spacial score (nSPS) is 9.86. The second-order valence-corrected chi connectivity index (χ2v) is 4.25. The fraction of sp³-hybridized carbons (Fsp3) is 0.429. The molecule has 1 rings (SSSR count). The Labute approximate surface area is 123 Å². The maximum Gasteiger partial charge on any atom is 0.321 e. The van der Waals surface area contributed by atoms with E-state index in [1.807, 2.05) is 0 Å². The molecule has 0 atom stereocenters. The summed E-state index contributed by atoms with van der Waals surface area (Å²) in [5.74, 6) is 0.167. The van der Waals surface area contributed by atoms with Crippen molar-refractivity contribution in [3.63, 3.8) is 0 Å². The number of carboxylic acid groups (broad SMARTS) is 1. The number of urea groups is 1. The third kappa shape index (κ3) is 5.21. The Kier molecular flexibility index (Phi) is 6.32. The van der Waals surface area contributed by atoms with Gasteiger partial charge in [-0.2, -0.15) is 0 Å². The zero-order valence-electron chi connectivity index (χ0n) is 12.4. The standard InChI is InChI=1S/C14H20N2O5/c1-4-16(6-5-13(17)18)14(19)15-10-7-11(20-2)9-12(8-10)21-3/h7-9H,4-6H2,1-3H3,(H,15,19)(H,17,18). The third-order valence-corrected chi connectivity index (χ3v) is 2.87. The zero-order valence-corrected chi connectivity index (χ0v) is 12.4. The predicted molar refractivity (Wildman–Crippen MR) is 78.1 cm³/mol. The first kappa shape index (κ1) is 16.6. The molecule has 7 nitrogen and oxygen atoms in total. The van der Waals surface area contributed by atoms with Gasteiger partial charge in [0.05, 0.1) is 20.6 Å². The van der Waals surface area contributed by atoms with E-state index in [1.54, 1.807) is 25.1 Å². The van der Waals surface area contributed by atoms with Gasteiger partial charge in [0.1, 0.15) is 11.5 Å². The Balaban J connectivity index is 2.78. The maximum atomic E-state index is 12.1. The van der Waals surface area contributed by atoms with Crippen LogP contribution in [0.4, 0.5) is 10.5 Å². The van der Waals surface area contributed by atoms with E-state index < -0.39 is 5.97 Å². The molecule has 0 saturated heterocycles. The fourth-order valence-corrected chi connectivity index (χ4v) is 1.72. The van der Waals surface area contributed by atoms with Gasteiger partial charge in [0.2, 0.25) is 0 Å². The first-order valence-electron chi connectivity index (χ1n) is 6.51. The molecular weight excluding hydrogens is 276 g/mol. The number of amides is 2. The van der Waals surface area contributed by atoms with Gasteiger partial charge >= 0.3 is 12.0 Å². The fourth-order valence-electron chi connectivity index (χ4n) is 1.72. The Morgan fingerprint density at radius 1 is 1.19 bits per heavy atom. The highest BCUT2D eigenvalue weighted by molar-refractivity contribution is 5.90. The van der Waals surface area contributed by atoms with Gasteiger partial charge in [0.25, 0.3) is 0 Å². The average Bonchev–Trinajstić information content (AvgIpc) is 2.47. The van der Waals surface area contributed by atoms with Crippen molar-refractivity contribution in [1.82, 2.24) is 4.90 Å². The van der Waals surface area contributed by atoms with Crippen molar-refractivity contribution >= 4 is 17.7 Å². The SMILES string of the molecule is CCN(CCC(=O)O)C(=O)Nc1cc(OC)cc(OC)c1. The summed E-state index contributed by atoms with van der Waals surface area (Å²) in [6.07, 6.45) is -0.0946. The van der Waals surface area contributed by atoms with E-state index in [0.717, 1.165) is 0 Å². The number of carbonyl (C=O) groups is 2. The van der Waals surface area contributed by atoms with Gasteiger partial charge in [0.15, 0.2) is 0 Å². The van der Waals surface area contributed by atoms with E-state index in [-0.39, 0.29) is 19.0 Å². The summed E-state index contributed by atoms with van der Waals surface area (Å²) in [5, 5.41) is 11.4. The second-order valence-electron chi connectivity index (χ2n) is 4.25. The lowest BCUT2D eigenvalue weighted by molar-refractivity contribution is -0.137. The first-order valence-corrected chi connectivity index (χ1v) is 6.51. The largest absolute Gasteiger partial charge is 0.497 e. The van der Waals surface area contributed by atoms with Crippen molar-refractivity contribution < 1.29 is 24.2 Å². The van der Waals surface area contributed by atoms with E-state index in [9.17, 15) is 9.59 Å². The topological polar surface area (TPSA) is 88.1 Å². The Bertz CT molecular complexity index is 482. The van der Waals surface area contributed by atoms with Gasteiger partial charge < -0.3 is 24.8 Å². The maximum absolute atomic E-state index is 12.1. The number of methoxy groups -OCH3 is 2. The van der Waals surface area contributed by atoms with Crippen molar-refractivity contribution in [2.24, 2.45) is 0 Å². The van der Waals surface area contributed by atoms with Crippen LogP contribution in [0.5, 0.6) is 11.5 Å². The molecule has 0 bridgehead atoms. The van der Waals surface area contributed by atoms with Crippen molar-refractivity contribution in [2.75, 3.05) is 32.6 Å². The van der Waals surface area contributed by atoms with Crippen molar-refractivity contribution in [3.8, 4) is 11.5 Å². The molecule has 7 heteroatoms. The number of nitrogens with zero attached hydrogens (tertiary/aromatic N) is 1. The zero-order chi connectivity index (χ0) is 15.8. The molecular formula is C14H20N2O5. The smallest absolute Gasteiger partial charge is 0.321 e. The number of ether oxygens (including phenoxy) is 2. The Morgan fingerprint density at radius 2 is 1.76 bits per heavy atom. The number of anilines is 1. The molecule has 0 heterocycles. The summed E-state index contributed by atoms with van der Waals surface area (Å²) >= 11 is 0. The van der Waals surface area contributed by atoms with E-state index in [0.29, 0.717) is 23.7 Å². The highest BCUT2D eigenvalue weighted by Gasteiger charge is 2.14. The number of nitrogens with one attached hydrogen (secondary N) is 1. The summed E-state index contributed by atoms with van der Waals surface area (Å²) in [6.45, 7) is 2.35. The number of benzene rings is 1. The minimum absolute atomic E-state index is 0.0946. The number of carboxylic acids is 1. The molecule has 1 aromatic carbocycles. The van der Waals surface area contributed by atoms with E-state index >= 15 is 0 Å². The third-order valence-electron chi connectivity index (χ3n) is 2.87. The molecule has 0 aliphatic carbocycles. The van der Waals surface area contributed by atoms with Crippen LogP contribution < -0.4 is 14.8 Å². The first-order chi connectivity index (χ1) is 9.99. The molecule has 0 aromatic heterocycles. The molecule has 0 unspecified atom stereocenters. The average molecular weight is 296 g/mol. The number of carbonyl (C=O) groups excluding carboxylic acids is 1. The Hall–Kier alpha value is -2.44. The molecule has 0 fully saturated rings. The monoisotopic (exact) mass is 296 g/mol. The lowest BCUT2D eigenvalue weighted by Crippen LogP contribution is -2.36. The highest BCUT2D eigenvalue weighted by Crippen LogP contribution is 2.25. The molecule has 0 radical (unpaired) electrons. The van der Waals surface area contributed by atoms with Gasteiger partial charge in [0, 0.05) is 37.0 Å². The van der Waals surface area contributed by atoms with Crippen LogP contribution >= 0.6 is 0 Å². The summed E-state index contributed by atoms with van der Waals surface area (Å²) in [6, 6.07) is 4.64. The van der Waals surface area contributed by atoms with Crippen LogP contribution in [-0.4, -0.2) is 49.3 Å². The van der Waals surface area contributed by atoms with Gasteiger partial charge in [-0.15, -0.1) is 0 Å². The minimum Gasteiger partial charge on any atom is -0.497 e. The Morgan fingerprint density at radius 3 is 2.19 bits per heavy atom. The second kappa shape index (κ2) is 7.98. The van der Waals surface area contributed by atoms with E-state index in [2.05, 4.69) is 5.32 Å². The molecule has 2 N–H and O–H groups in total. The predicted octanol–water partition coefficient (Wildman–Crippen LogP) is 2.03. The van der Waals surface area contributed by atoms with Gasteiger partial charge in [-0.05, 0) is 6.92 Å². The van der Waals surface area contributed by atoms with Crippen molar-refractivity contribution in [3.05, 3.63) is 18.2 Å². The highest BCUT2D eigenvalue weighted by atomic mass is 16.5.